The number of rotatable bonds is 5. The summed E-state index contributed by atoms with van der Waals surface area (Å²) in [5.41, 5.74) is 0. The van der Waals surface area contributed by atoms with Crippen LogP contribution < -0.4 is 0 Å². The molecule has 0 aliphatic rings. The van der Waals surface area contributed by atoms with Crippen molar-refractivity contribution in [2.75, 3.05) is 6.16 Å². The normalized spacial score (nSPS) is 13.3. The van der Waals surface area contributed by atoms with Gasteiger partial charge >= 0.3 is 0 Å². The molecular weight excluding hydrogens is 285 g/mol. The van der Waals surface area contributed by atoms with Crippen molar-refractivity contribution in [2.45, 2.75) is 37.7 Å². The van der Waals surface area contributed by atoms with Crippen LogP contribution in [-0.2, 0) is 0 Å². The van der Waals surface area contributed by atoms with E-state index in [0.717, 1.165) is 13.7 Å². The minimum atomic E-state index is 0.467. The van der Waals surface area contributed by atoms with Gasteiger partial charge < -0.3 is 0 Å². The monoisotopic (exact) mass is 301 g/mol. The molecule has 0 spiro atoms. The van der Waals surface area contributed by atoms with E-state index >= 15 is 0 Å². The highest BCUT2D eigenvalue weighted by Crippen LogP contribution is 2.33. The van der Waals surface area contributed by atoms with Crippen molar-refractivity contribution in [3.05, 3.63) is 0 Å². The molecule has 0 aromatic heterocycles. The lowest BCUT2D eigenvalue weighted by Crippen LogP contribution is -2.20. The van der Waals surface area contributed by atoms with Crippen molar-refractivity contribution in [1.29, 1.82) is 0 Å². The second kappa shape index (κ2) is 6.09. The highest BCUT2D eigenvalue weighted by Gasteiger charge is 2.18. The Bertz CT molecular complexity index is 109. The van der Waals surface area contributed by atoms with Gasteiger partial charge in [0.05, 0.1) is 0 Å². The lowest BCUT2D eigenvalue weighted by atomic mass is 10.2. The molecule has 4 heteroatoms. The lowest BCUT2D eigenvalue weighted by molar-refractivity contribution is 0.807. The Labute approximate surface area is 90.9 Å². The Morgan fingerprint density at radius 3 is 2.45 bits per heavy atom. The third kappa shape index (κ3) is 7.92. The van der Waals surface area contributed by atoms with Crippen molar-refractivity contribution in [3.63, 3.8) is 0 Å². The summed E-state index contributed by atoms with van der Waals surface area (Å²) in [7, 11) is 1.01. The predicted molar refractivity (Wildman–Crippen MR) is 69.8 cm³/mol. The third-order valence-electron chi connectivity index (χ3n) is 1.16. The first-order chi connectivity index (χ1) is 4.98. The first kappa shape index (κ1) is 12.6. The molecular formula is C7H16BIPS. The Morgan fingerprint density at radius 1 is 1.55 bits per heavy atom. The van der Waals surface area contributed by atoms with Crippen LogP contribution in [0.15, 0.2) is 0 Å². The summed E-state index contributed by atoms with van der Waals surface area (Å²) in [4.78, 5) is 2.25. The van der Waals surface area contributed by atoms with Gasteiger partial charge in [-0.25, -0.2) is 0 Å². The molecule has 0 amide bonds. The maximum absolute atomic E-state index is 2.34. The summed E-state index contributed by atoms with van der Waals surface area (Å²) >= 11 is 4.42. The van der Waals surface area contributed by atoms with Gasteiger partial charge in [0.1, 0.15) is 0 Å². The van der Waals surface area contributed by atoms with Crippen molar-refractivity contribution in [2.24, 2.45) is 0 Å². The van der Waals surface area contributed by atoms with Gasteiger partial charge in [0.15, 0.2) is 0 Å². The van der Waals surface area contributed by atoms with Gasteiger partial charge in [0.25, 0.3) is 0 Å². The minimum absolute atomic E-state index is 0.467. The lowest BCUT2D eigenvalue weighted by Gasteiger charge is -2.25. The number of halogens is 1. The van der Waals surface area contributed by atoms with Gasteiger partial charge in [-0.3, -0.25) is 0 Å². The summed E-state index contributed by atoms with van der Waals surface area (Å²) < 4.78 is 0.467. The fourth-order valence-corrected chi connectivity index (χ4v) is 4.05. The van der Waals surface area contributed by atoms with Crippen LogP contribution in [0.25, 0.3) is 0 Å². The Morgan fingerprint density at radius 2 is 2.09 bits per heavy atom. The van der Waals surface area contributed by atoms with E-state index in [-0.39, 0.29) is 0 Å². The molecule has 0 heterocycles. The van der Waals surface area contributed by atoms with E-state index in [1.807, 2.05) is 0 Å². The molecule has 65 valence electrons. The first-order valence-corrected chi connectivity index (χ1v) is 7.22. The average Bonchev–Trinajstić information content (AvgIpc) is 1.81. The third-order valence-corrected chi connectivity index (χ3v) is 5.23. The largest absolute Gasteiger partial charge is 0.230 e. The summed E-state index contributed by atoms with van der Waals surface area (Å²) in [5, 5.41) is 0.754. The molecule has 0 aromatic carbocycles. The van der Waals surface area contributed by atoms with Crippen molar-refractivity contribution >= 4 is 47.5 Å². The SMILES string of the molecule is CC(C)SC(C)(C)CP[B]I. The summed E-state index contributed by atoms with van der Waals surface area (Å²) in [6.45, 7) is 9.21. The van der Waals surface area contributed by atoms with Crippen LogP contribution in [0.2, 0.25) is 0 Å². The molecule has 1 atom stereocenters. The van der Waals surface area contributed by atoms with E-state index in [0.29, 0.717) is 4.75 Å². The highest BCUT2D eigenvalue weighted by molar-refractivity contribution is 14.1. The molecule has 0 N–H and O–H groups in total. The topological polar surface area (TPSA) is 0 Å². The molecule has 11 heavy (non-hydrogen) atoms. The van der Waals surface area contributed by atoms with Gasteiger partial charge in [0.2, 0.25) is 4.86 Å². The average molecular weight is 301 g/mol. The second-order valence-corrected chi connectivity index (χ2v) is 8.55. The molecule has 0 saturated carbocycles. The summed E-state index contributed by atoms with van der Waals surface area (Å²) in [5.74, 6) is 0. The molecule has 0 aliphatic heterocycles. The zero-order chi connectivity index (χ0) is 8.91. The van der Waals surface area contributed by atoms with Crippen LogP contribution in [-0.4, -0.2) is 21.0 Å². The van der Waals surface area contributed by atoms with E-state index in [4.69, 9.17) is 0 Å². The number of thioether (sulfide) groups is 1. The maximum atomic E-state index is 2.34. The maximum Gasteiger partial charge on any atom is 0.230 e. The molecule has 0 aliphatic carbocycles. The smallest absolute Gasteiger partial charge is 0.153 e. The van der Waals surface area contributed by atoms with Crippen LogP contribution in [0.4, 0.5) is 0 Å². The zero-order valence-corrected chi connectivity index (χ0v) is 11.6. The first-order valence-electron chi connectivity index (χ1n) is 3.81. The summed E-state index contributed by atoms with van der Waals surface area (Å²) in [6, 6.07) is 0. The highest BCUT2D eigenvalue weighted by atomic mass is 127. The van der Waals surface area contributed by atoms with Crippen LogP contribution in [0.5, 0.6) is 0 Å². The van der Waals surface area contributed by atoms with Crippen LogP contribution in [0.1, 0.15) is 27.7 Å². The zero-order valence-electron chi connectivity index (χ0n) is 7.65. The van der Waals surface area contributed by atoms with Gasteiger partial charge in [-0.1, -0.05) is 27.7 Å². The van der Waals surface area contributed by atoms with E-state index in [1.165, 1.54) is 6.16 Å². The molecule has 0 nitrogen and oxygen atoms in total. The molecule has 0 rings (SSSR count). The Balaban J connectivity index is 3.61. The second-order valence-electron chi connectivity index (χ2n) is 3.42. The van der Waals surface area contributed by atoms with Crippen LogP contribution in [0, 0.1) is 0 Å². The van der Waals surface area contributed by atoms with Gasteiger partial charge in [-0.15, -0.1) is 8.46 Å². The fraction of sp³-hybridized carbons (Fsp3) is 1.00. The molecule has 0 aromatic rings. The van der Waals surface area contributed by atoms with Gasteiger partial charge in [0, 0.05) is 4.75 Å². The van der Waals surface area contributed by atoms with E-state index < -0.39 is 0 Å². The molecule has 0 bridgehead atoms. The molecule has 0 fully saturated rings. The summed E-state index contributed by atoms with van der Waals surface area (Å²) in [6.07, 6.45) is 1.32. The van der Waals surface area contributed by atoms with Crippen molar-refractivity contribution in [1.82, 2.24) is 0 Å². The Hall–Kier alpha value is 1.57. The number of hydrogen-bond acceptors (Lipinski definition) is 1. The Kier molecular flexibility index (Phi) is 6.97. The molecule has 1 radical (unpaired) electrons. The van der Waals surface area contributed by atoms with Crippen LogP contribution >= 0.6 is 42.6 Å². The number of hydrogen-bond donors (Lipinski definition) is 0. The van der Waals surface area contributed by atoms with Crippen molar-refractivity contribution < 1.29 is 0 Å². The molecule has 0 saturated heterocycles. The molecule has 1 unspecified atom stereocenters. The van der Waals surface area contributed by atoms with E-state index in [9.17, 15) is 0 Å². The standard InChI is InChI=1S/C7H16BIPS/c1-6(2)11-7(3,4)5-10-8-9/h6,10H,5H2,1-4H3. The minimum Gasteiger partial charge on any atom is -0.153 e. The van der Waals surface area contributed by atoms with Crippen LogP contribution in [0.3, 0.4) is 0 Å². The van der Waals surface area contributed by atoms with Gasteiger partial charge in [-0.05, 0) is 11.4 Å². The quantitative estimate of drug-likeness (QED) is 0.425. The van der Waals surface area contributed by atoms with Crippen molar-refractivity contribution in [3.8, 4) is 0 Å². The van der Waals surface area contributed by atoms with Gasteiger partial charge in [-0.2, -0.15) is 34.1 Å². The predicted octanol–water partition coefficient (Wildman–Crippen LogP) is 3.55. The van der Waals surface area contributed by atoms with E-state index in [1.54, 1.807) is 0 Å². The fourth-order valence-electron chi connectivity index (χ4n) is 0.964. The van der Waals surface area contributed by atoms with E-state index in [2.05, 4.69) is 66.7 Å².